The first-order chi connectivity index (χ1) is 13.1. The van der Waals surface area contributed by atoms with E-state index in [1.165, 1.54) is 17.8 Å². The Morgan fingerprint density at radius 1 is 1.07 bits per heavy atom. The molecule has 0 unspecified atom stereocenters. The molecule has 0 radical (unpaired) electrons. The number of fused-ring (bicyclic) bond motifs is 2. The van der Waals surface area contributed by atoms with Crippen molar-refractivity contribution in [2.45, 2.75) is 31.3 Å². The highest BCUT2D eigenvalue weighted by Crippen LogP contribution is 2.26. The molecule has 0 aliphatic rings. The topological polar surface area (TPSA) is 65.1 Å². The lowest BCUT2D eigenvalue weighted by molar-refractivity contribution is 0.559. The summed E-state index contributed by atoms with van der Waals surface area (Å²) >= 11 is 1.45. The standard InChI is InChI=1S/C21H18N2O3S/c1-3-23-20(25)16-6-4-5-7-17(16)22-21(23)27-12-14-11-19(24)26-18-10-13(2)8-9-15(14)18/h4-11H,3,12H2,1-2H3. The van der Waals surface area contributed by atoms with Crippen molar-refractivity contribution in [1.82, 2.24) is 9.55 Å². The van der Waals surface area contributed by atoms with Crippen molar-refractivity contribution < 1.29 is 4.42 Å². The van der Waals surface area contributed by atoms with Gasteiger partial charge in [0.05, 0.1) is 10.9 Å². The van der Waals surface area contributed by atoms with Gasteiger partial charge in [0.15, 0.2) is 5.16 Å². The van der Waals surface area contributed by atoms with Crippen LogP contribution in [-0.4, -0.2) is 9.55 Å². The summed E-state index contributed by atoms with van der Waals surface area (Å²) in [4.78, 5) is 29.3. The summed E-state index contributed by atoms with van der Waals surface area (Å²) in [6.45, 7) is 4.42. The Morgan fingerprint density at radius 3 is 2.70 bits per heavy atom. The summed E-state index contributed by atoms with van der Waals surface area (Å²) in [6, 6.07) is 14.7. The van der Waals surface area contributed by atoms with E-state index in [4.69, 9.17) is 4.42 Å². The number of para-hydroxylation sites is 1. The van der Waals surface area contributed by atoms with Crippen LogP contribution in [0.5, 0.6) is 0 Å². The number of nitrogens with zero attached hydrogens (tertiary/aromatic N) is 2. The highest BCUT2D eigenvalue weighted by molar-refractivity contribution is 7.98. The maximum atomic E-state index is 12.7. The van der Waals surface area contributed by atoms with Crippen LogP contribution in [-0.2, 0) is 12.3 Å². The molecule has 0 bridgehead atoms. The van der Waals surface area contributed by atoms with Crippen LogP contribution in [0, 0.1) is 6.92 Å². The number of benzene rings is 2. The Kier molecular flexibility index (Phi) is 4.58. The zero-order chi connectivity index (χ0) is 19.0. The van der Waals surface area contributed by atoms with Crippen LogP contribution in [0.25, 0.3) is 21.9 Å². The molecular weight excluding hydrogens is 360 g/mol. The van der Waals surface area contributed by atoms with Crippen molar-refractivity contribution in [2.75, 3.05) is 0 Å². The first-order valence-corrected chi connectivity index (χ1v) is 9.71. The van der Waals surface area contributed by atoms with Gasteiger partial charge in [-0.25, -0.2) is 9.78 Å². The van der Waals surface area contributed by atoms with Crippen LogP contribution in [0.15, 0.2) is 67.7 Å². The van der Waals surface area contributed by atoms with Gasteiger partial charge < -0.3 is 4.42 Å². The fraction of sp³-hybridized carbons (Fsp3) is 0.190. The van der Waals surface area contributed by atoms with Crippen molar-refractivity contribution in [3.05, 3.63) is 80.4 Å². The summed E-state index contributed by atoms with van der Waals surface area (Å²) in [5.74, 6) is 0.524. The van der Waals surface area contributed by atoms with Gasteiger partial charge in [0, 0.05) is 23.8 Å². The molecule has 6 heteroatoms. The van der Waals surface area contributed by atoms with Crippen molar-refractivity contribution in [3.8, 4) is 0 Å². The monoisotopic (exact) mass is 378 g/mol. The Balaban J connectivity index is 1.77. The highest BCUT2D eigenvalue weighted by atomic mass is 32.2. The molecule has 2 aromatic carbocycles. The predicted molar refractivity (Wildman–Crippen MR) is 108 cm³/mol. The molecule has 0 saturated heterocycles. The molecule has 0 aliphatic heterocycles. The van der Waals surface area contributed by atoms with E-state index in [1.54, 1.807) is 10.6 Å². The number of hydrogen-bond acceptors (Lipinski definition) is 5. The van der Waals surface area contributed by atoms with E-state index in [0.29, 0.717) is 33.9 Å². The normalized spacial score (nSPS) is 11.3. The number of aromatic nitrogens is 2. The molecule has 4 rings (SSSR count). The fourth-order valence-corrected chi connectivity index (χ4v) is 4.19. The summed E-state index contributed by atoms with van der Waals surface area (Å²) in [6.07, 6.45) is 0. The van der Waals surface area contributed by atoms with E-state index >= 15 is 0 Å². The molecule has 0 N–H and O–H groups in total. The molecule has 27 heavy (non-hydrogen) atoms. The first-order valence-electron chi connectivity index (χ1n) is 8.72. The lowest BCUT2D eigenvalue weighted by atomic mass is 10.1. The van der Waals surface area contributed by atoms with Crippen molar-refractivity contribution in [1.29, 1.82) is 0 Å². The minimum Gasteiger partial charge on any atom is -0.423 e. The molecule has 0 saturated carbocycles. The van der Waals surface area contributed by atoms with Crippen molar-refractivity contribution in [3.63, 3.8) is 0 Å². The quantitative estimate of drug-likeness (QED) is 0.304. The maximum absolute atomic E-state index is 12.7. The fourth-order valence-electron chi connectivity index (χ4n) is 3.14. The van der Waals surface area contributed by atoms with Crippen LogP contribution >= 0.6 is 11.8 Å². The minimum absolute atomic E-state index is 0.0429. The van der Waals surface area contributed by atoms with E-state index in [2.05, 4.69) is 4.98 Å². The van der Waals surface area contributed by atoms with Gasteiger partial charge in [0.2, 0.25) is 0 Å². The van der Waals surface area contributed by atoms with Crippen LogP contribution in [0.1, 0.15) is 18.1 Å². The third kappa shape index (κ3) is 3.28. The molecular formula is C21H18N2O3S. The van der Waals surface area contributed by atoms with E-state index in [1.807, 2.05) is 50.2 Å². The van der Waals surface area contributed by atoms with Crippen LogP contribution in [0.3, 0.4) is 0 Å². The second-order valence-electron chi connectivity index (χ2n) is 6.34. The summed E-state index contributed by atoms with van der Waals surface area (Å²) < 4.78 is 6.99. The van der Waals surface area contributed by atoms with E-state index in [0.717, 1.165) is 16.5 Å². The van der Waals surface area contributed by atoms with Gasteiger partial charge in [-0.2, -0.15) is 0 Å². The molecule has 2 heterocycles. The van der Waals surface area contributed by atoms with Crippen LogP contribution in [0.2, 0.25) is 0 Å². The third-order valence-corrected chi connectivity index (χ3v) is 5.51. The minimum atomic E-state index is -0.372. The Morgan fingerprint density at radius 2 is 1.89 bits per heavy atom. The molecule has 0 atom stereocenters. The highest BCUT2D eigenvalue weighted by Gasteiger charge is 2.12. The average molecular weight is 378 g/mol. The second-order valence-corrected chi connectivity index (χ2v) is 7.28. The molecule has 136 valence electrons. The Bertz CT molecular complexity index is 1270. The van der Waals surface area contributed by atoms with E-state index < -0.39 is 0 Å². The van der Waals surface area contributed by atoms with Gasteiger partial charge in [-0.05, 0) is 43.2 Å². The second kappa shape index (κ2) is 7.04. The molecule has 0 spiro atoms. The smallest absolute Gasteiger partial charge is 0.336 e. The summed E-state index contributed by atoms with van der Waals surface area (Å²) in [5.41, 5.74) is 2.75. The van der Waals surface area contributed by atoms with Gasteiger partial charge in [0.25, 0.3) is 5.56 Å². The van der Waals surface area contributed by atoms with E-state index in [-0.39, 0.29) is 11.2 Å². The van der Waals surface area contributed by atoms with Crippen molar-refractivity contribution >= 4 is 33.6 Å². The lowest BCUT2D eigenvalue weighted by Gasteiger charge is -2.11. The maximum Gasteiger partial charge on any atom is 0.336 e. The summed E-state index contributed by atoms with van der Waals surface area (Å²) in [7, 11) is 0. The molecule has 5 nitrogen and oxygen atoms in total. The van der Waals surface area contributed by atoms with Crippen LogP contribution in [0.4, 0.5) is 0 Å². The largest absolute Gasteiger partial charge is 0.423 e. The van der Waals surface area contributed by atoms with Gasteiger partial charge in [-0.3, -0.25) is 9.36 Å². The zero-order valence-corrected chi connectivity index (χ0v) is 15.9. The van der Waals surface area contributed by atoms with Gasteiger partial charge in [-0.15, -0.1) is 0 Å². The third-order valence-electron chi connectivity index (χ3n) is 4.49. The number of rotatable bonds is 4. The first kappa shape index (κ1) is 17.5. The molecule has 0 amide bonds. The van der Waals surface area contributed by atoms with Crippen LogP contribution < -0.4 is 11.2 Å². The summed E-state index contributed by atoms with van der Waals surface area (Å²) in [5, 5.41) is 2.17. The number of aryl methyl sites for hydroxylation is 1. The lowest BCUT2D eigenvalue weighted by Crippen LogP contribution is -2.22. The molecule has 0 aliphatic carbocycles. The molecule has 4 aromatic rings. The van der Waals surface area contributed by atoms with Gasteiger partial charge in [-0.1, -0.05) is 36.0 Å². The van der Waals surface area contributed by atoms with E-state index in [9.17, 15) is 9.59 Å². The van der Waals surface area contributed by atoms with Gasteiger partial charge >= 0.3 is 5.63 Å². The Hall–Kier alpha value is -2.86. The Labute approximate surface area is 159 Å². The molecule has 2 aromatic heterocycles. The number of thioether (sulfide) groups is 1. The van der Waals surface area contributed by atoms with Gasteiger partial charge in [0.1, 0.15) is 5.58 Å². The zero-order valence-electron chi connectivity index (χ0n) is 15.1. The predicted octanol–water partition coefficient (Wildman–Crippen LogP) is 4.12. The average Bonchev–Trinajstić information content (AvgIpc) is 2.65. The SMILES string of the molecule is CCn1c(SCc2cc(=O)oc3cc(C)ccc23)nc2ccccc2c1=O. The number of hydrogen-bond donors (Lipinski definition) is 0. The molecule has 0 fully saturated rings. The van der Waals surface area contributed by atoms with Crippen molar-refractivity contribution in [2.24, 2.45) is 0 Å².